The highest BCUT2D eigenvalue weighted by Crippen LogP contribution is 2.24. The first-order valence-corrected chi connectivity index (χ1v) is 8.00. The molecule has 0 aliphatic rings. The van der Waals surface area contributed by atoms with Crippen molar-refractivity contribution in [1.82, 2.24) is 0 Å². The van der Waals surface area contributed by atoms with Crippen LogP contribution in [0.3, 0.4) is 0 Å². The fourth-order valence-corrected chi connectivity index (χ4v) is 2.60. The van der Waals surface area contributed by atoms with Gasteiger partial charge in [-0.3, -0.25) is 0 Å². The van der Waals surface area contributed by atoms with E-state index in [-0.39, 0.29) is 19.1 Å². The maximum atomic E-state index is 9.20. The van der Waals surface area contributed by atoms with Gasteiger partial charge in [0.25, 0.3) is 0 Å². The number of rotatable bonds is 13. The molecule has 0 aliphatic carbocycles. The maximum absolute atomic E-state index is 9.20. The SMILES string of the molecule is CCCCCCC(CCCCC)CC(CO)CO. The molecule has 0 aromatic heterocycles. The predicted octanol–water partition coefficient (Wildman–Crippen LogP) is 4.14. The first-order chi connectivity index (χ1) is 8.78. The Bertz CT molecular complexity index is 155. The fourth-order valence-electron chi connectivity index (χ4n) is 2.60. The summed E-state index contributed by atoms with van der Waals surface area (Å²) in [5.74, 6) is 0.806. The minimum Gasteiger partial charge on any atom is -0.396 e. The van der Waals surface area contributed by atoms with Crippen molar-refractivity contribution in [1.29, 1.82) is 0 Å². The summed E-state index contributed by atoms with van der Waals surface area (Å²) in [5.41, 5.74) is 0. The third-order valence-electron chi connectivity index (χ3n) is 3.86. The minimum absolute atomic E-state index is 0.0998. The highest BCUT2D eigenvalue weighted by Gasteiger charge is 2.15. The van der Waals surface area contributed by atoms with Crippen LogP contribution in [0.1, 0.15) is 78.1 Å². The third kappa shape index (κ3) is 9.90. The minimum atomic E-state index is 0.0998. The Morgan fingerprint density at radius 1 is 0.667 bits per heavy atom. The summed E-state index contributed by atoms with van der Waals surface area (Å²) in [6, 6.07) is 0. The molecule has 2 N–H and O–H groups in total. The number of hydrogen-bond donors (Lipinski definition) is 2. The molecule has 0 rings (SSSR count). The topological polar surface area (TPSA) is 40.5 Å². The summed E-state index contributed by atoms with van der Waals surface area (Å²) < 4.78 is 0. The van der Waals surface area contributed by atoms with Crippen LogP contribution in [0.25, 0.3) is 0 Å². The summed E-state index contributed by atoms with van der Waals surface area (Å²) in [6.45, 7) is 4.75. The van der Waals surface area contributed by atoms with Crippen LogP contribution in [0.4, 0.5) is 0 Å². The molecule has 0 saturated carbocycles. The van der Waals surface area contributed by atoms with Gasteiger partial charge in [-0.15, -0.1) is 0 Å². The highest BCUT2D eigenvalue weighted by molar-refractivity contribution is 4.66. The molecule has 0 amide bonds. The Morgan fingerprint density at radius 3 is 1.67 bits per heavy atom. The summed E-state index contributed by atoms with van der Waals surface area (Å²) in [6.07, 6.45) is 12.7. The second-order valence-corrected chi connectivity index (χ2v) is 5.68. The first-order valence-electron chi connectivity index (χ1n) is 8.00. The van der Waals surface area contributed by atoms with Crippen LogP contribution in [-0.4, -0.2) is 23.4 Å². The lowest BCUT2D eigenvalue weighted by Gasteiger charge is -2.21. The zero-order chi connectivity index (χ0) is 13.6. The largest absolute Gasteiger partial charge is 0.396 e. The lowest BCUT2D eigenvalue weighted by molar-refractivity contribution is 0.125. The van der Waals surface area contributed by atoms with Gasteiger partial charge in [-0.1, -0.05) is 71.6 Å². The molecule has 0 radical (unpaired) electrons. The molecule has 0 aliphatic heterocycles. The molecule has 0 fully saturated rings. The summed E-state index contributed by atoms with van der Waals surface area (Å²) in [7, 11) is 0. The molecule has 110 valence electrons. The van der Waals surface area contributed by atoms with Crippen LogP contribution in [0, 0.1) is 11.8 Å². The van der Waals surface area contributed by atoms with Crippen LogP contribution in [-0.2, 0) is 0 Å². The van der Waals surface area contributed by atoms with E-state index in [9.17, 15) is 10.2 Å². The molecular weight excluding hydrogens is 224 g/mol. The highest BCUT2D eigenvalue weighted by atomic mass is 16.3. The first kappa shape index (κ1) is 17.9. The molecule has 0 aromatic carbocycles. The van der Waals surface area contributed by atoms with E-state index in [2.05, 4.69) is 13.8 Å². The van der Waals surface area contributed by atoms with E-state index in [1.807, 2.05) is 0 Å². The molecule has 1 atom stereocenters. The number of aliphatic hydroxyl groups is 2. The van der Waals surface area contributed by atoms with Crippen molar-refractivity contribution in [2.45, 2.75) is 78.1 Å². The number of unbranched alkanes of at least 4 members (excludes halogenated alkanes) is 5. The van der Waals surface area contributed by atoms with Crippen molar-refractivity contribution < 1.29 is 10.2 Å². The average molecular weight is 258 g/mol. The normalized spacial score (nSPS) is 13.2. The maximum Gasteiger partial charge on any atom is 0.0481 e. The van der Waals surface area contributed by atoms with Crippen LogP contribution in [0.15, 0.2) is 0 Å². The van der Waals surface area contributed by atoms with Gasteiger partial charge >= 0.3 is 0 Å². The van der Waals surface area contributed by atoms with E-state index < -0.39 is 0 Å². The van der Waals surface area contributed by atoms with E-state index in [4.69, 9.17) is 0 Å². The van der Waals surface area contributed by atoms with Crippen LogP contribution < -0.4 is 0 Å². The quantitative estimate of drug-likeness (QED) is 0.487. The van der Waals surface area contributed by atoms with Crippen molar-refractivity contribution in [2.75, 3.05) is 13.2 Å². The van der Waals surface area contributed by atoms with Gasteiger partial charge in [-0.25, -0.2) is 0 Å². The van der Waals surface area contributed by atoms with Gasteiger partial charge in [-0.2, -0.15) is 0 Å². The Balaban J connectivity index is 3.90. The average Bonchev–Trinajstić information content (AvgIpc) is 2.40. The van der Waals surface area contributed by atoms with E-state index >= 15 is 0 Å². The van der Waals surface area contributed by atoms with Gasteiger partial charge in [0.2, 0.25) is 0 Å². The number of hydrogen-bond acceptors (Lipinski definition) is 2. The standard InChI is InChI=1S/C16H34O2/c1-3-5-7-9-11-15(10-8-6-4-2)12-16(13-17)14-18/h15-18H,3-14H2,1-2H3. The smallest absolute Gasteiger partial charge is 0.0481 e. The molecule has 0 aromatic rings. The zero-order valence-electron chi connectivity index (χ0n) is 12.5. The molecule has 1 unspecified atom stereocenters. The van der Waals surface area contributed by atoms with Gasteiger partial charge in [-0.05, 0) is 12.3 Å². The Hall–Kier alpha value is -0.0800. The lowest BCUT2D eigenvalue weighted by atomic mass is 9.87. The molecule has 2 heteroatoms. The summed E-state index contributed by atoms with van der Waals surface area (Å²) in [5, 5.41) is 18.4. The van der Waals surface area contributed by atoms with Gasteiger partial charge in [0.1, 0.15) is 0 Å². The lowest BCUT2D eigenvalue weighted by Crippen LogP contribution is -2.16. The third-order valence-corrected chi connectivity index (χ3v) is 3.86. The van der Waals surface area contributed by atoms with Crippen LogP contribution in [0.5, 0.6) is 0 Å². The second-order valence-electron chi connectivity index (χ2n) is 5.68. The van der Waals surface area contributed by atoms with Crippen molar-refractivity contribution in [2.24, 2.45) is 11.8 Å². The molecule has 0 heterocycles. The van der Waals surface area contributed by atoms with Crippen molar-refractivity contribution in [3.05, 3.63) is 0 Å². The van der Waals surface area contributed by atoms with E-state index in [0.29, 0.717) is 5.92 Å². The Kier molecular flexibility index (Phi) is 13.3. The van der Waals surface area contributed by atoms with Gasteiger partial charge < -0.3 is 10.2 Å². The van der Waals surface area contributed by atoms with Crippen molar-refractivity contribution in [3.63, 3.8) is 0 Å². The molecular formula is C16H34O2. The van der Waals surface area contributed by atoms with Crippen molar-refractivity contribution >= 4 is 0 Å². The number of aliphatic hydroxyl groups excluding tert-OH is 2. The van der Waals surface area contributed by atoms with E-state index in [0.717, 1.165) is 6.42 Å². The monoisotopic (exact) mass is 258 g/mol. The predicted molar refractivity (Wildman–Crippen MR) is 78.7 cm³/mol. The molecule has 0 spiro atoms. The van der Waals surface area contributed by atoms with Crippen LogP contribution in [0.2, 0.25) is 0 Å². The van der Waals surface area contributed by atoms with E-state index in [1.165, 1.54) is 57.8 Å². The fraction of sp³-hybridized carbons (Fsp3) is 1.00. The van der Waals surface area contributed by atoms with Gasteiger partial charge in [0.15, 0.2) is 0 Å². The summed E-state index contributed by atoms with van der Waals surface area (Å²) >= 11 is 0. The molecule has 0 saturated heterocycles. The molecule has 18 heavy (non-hydrogen) atoms. The zero-order valence-corrected chi connectivity index (χ0v) is 12.5. The Morgan fingerprint density at radius 2 is 1.17 bits per heavy atom. The Labute approximate surface area is 114 Å². The molecule has 0 bridgehead atoms. The van der Waals surface area contributed by atoms with E-state index in [1.54, 1.807) is 0 Å². The van der Waals surface area contributed by atoms with Crippen LogP contribution >= 0.6 is 0 Å². The van der Waals surface area contributed by atoms with Crippen molar-refractivity contribution in [3.8, 4) is 0 Å². The van der Waals surface area contributed by atoms with Gasteiger partial charge in [0.05, 0.1) is 0 Å². The molecule has 2 nitrogen and oxygen atoms in total. The summed E-state index contributed by atoms with van der Waals surface area (Å²) in [4.78, 5) is 0. The van der Waals surface area contributed by atoms with Gasteiger partial charge in [0, 0.05) is 19.1 Å². The second kappa shape index (κ2) is 13.4.